The van der Waals surface area contributed by atoms with Crippen LogP contribution < -0.4 is 5.73 Å². The third kappa shape index (κ3) is 3.73. The third-order valence-electron chi connectivity index (χ3n) is 4.28. The molecule has 0 bridgehead atoms. The summed E-state index contributed by atoms with van der Waals surface area (Å²) < 4.78 is 0. The Kier molecular flexibility index (Phi) is 5.41. The van der Waals surface area contributed by atoms with Crippen molar-refractivity contribution in [2.45, 2.75) is 44.6 Å². The summed E-state index contributed by atoms with van der Waals surface area (Å²) in [5.74, 6) is 0.259. The van der Waals surface area contributed by atoms with Gasteiger partial charge in [-0.3, -0.25) is 4.90 Å². The predicted octanol–water partition coefficient (Wildman–Crippen LogP) is 2.78. The van der Waals surface area contributed by atoms with Crippen molar-refractivity contribution in [2.24, 2.45) is 10.9 Å². The Morgan fingerprint density at radius 3 is 2.80 bits per heavy atom. The number of hydrogen-bond acceptors (Lipinski definition) is 3. The highest BCUT2D eigenvalue weighted by Crippen LogP contribution is 2.22. The van der Waals surface area contributed by atoms with E-state index in [2.05, 4.69) is 17.0 Å². The smallest absolute Gasteiger partial charge is 0.147 e. The first-order valence-electron chi connectivity index (χ1n) is 7.48. The van der Waals surface area contributed by atoms with Crippen molar-refractivity contribution in [1.82, 2.24) is 4.90 Å². The standard InChI is InChI=1S/C16H25N3O/c1-13-8-4-3-7-11-19(13)12-15(16(17)18-20)14-9-5-2-6-10-14/h2,5-6,9-10,13,15,20H,3-4,7-8,11-12H2,1H3,(H2,17,18). The zero-order valence-corrected chi connectivity index (χ0v) is 12.2. The fourth-order valence-corrected chi connectivity index (χ4v) is 2.96. The van der Waals surface area contributed by atoms with Crippen LogP contribution in [-0.4, -0.2) is 35.1 Å². The Balaban J connectivity index is 2.15. The molecule has 4 nitrogen and oxygen atoms in total. The summed E-state index contributed by atoms with van der Waals surface area (Å²) >= 11 is 0. The molecule has 0 aromatic heterocycles. The number of rotatable bonds is 4. The van der Waals surface area contributed by atoms with E-state index < -0.39 is 0 Å². The average molecular weight is 275 g/mol. The SMILES string of the molecule is CC1CCCCCN1CC(C(N)=NO)c1ccccc1. The predicted molar refractivity (Wildman–Crippen MR) is 82.1 cm³/mol. The van der Waals surface area contributed by atoms with Crippen LogP contribution in [0.25, 0.3) is 0 Å². The van der Waals surface area contributed by atoms with Crippen molar-refractivity contribution in [3.05, 3.63) is 35.9 Å². The molecule has 1 aromatic carbocycles. The molecule has 0 radical (unpaired) electrons. The number of amidine groups is 1. The molecule has 1 heterocycles. The highest BCUT2D eigenvalue weighted by molar-refractivity contribution is 5.87. The molecular weight excluding hydrogens is 250 g/mol. The second-order valence-electron chi connectivity index (χ2n) is 5.68. The first kappa shape index (κ1) is 14.9. The Hall–Kier alpha value is -1.55. The molecule has 1 aromatic rings. The van der Waals surface area contributed by atoms with E-state index in [4.69, 9.17) is 10.9 Å². The highest BCUT2D eigenvalue weighted by atomic mass is 16.4. The number of oxime groups is 1. The first-order valence-corrected chi connectivity index (χ1v) is 7.48. The Morgan fingerprint density at radius 2 is 2.10 bits per heavy atom. The van der Waals surface area contributed by atoms with E-state index in [0.717, 1.165) is 18.7 Å². The van der Waals surface area contributed by atoms with Crippen LogP contribution in [0.1, 0.15) is 44.1 Å². The lowest BCUT2D eigenvalue weighted by atomic mass is 9.96. The second kappa shape index (κ2) is 7.29. The van der Waals surface area contributed by atoms with Crippen LogP contribution in [0.2, 0.25) is 0 Å². The van der Waals surface area contributed by atoms with E-state index >= 15 is 0 Å². The summed E-state index contributed by atoms with van der Waals surface area (Å²) in [7, 11) is 0. The van der Waals surface area contributed by atoms with Crippen LogP contribution in [0.3, 0.4) is 0 Å². The van der Waals surface area contributed by atoms with Gasteiger partial charge in [-0.15, -0.1) is 0 Å². The van der Waals surface area contributed by atoms with Gasteiger partial charge < -0.3 is 10.9 Å². The van der Waals surface area contributed by atoms with Gasteiger partial charge >= 0.3 is 0 Å². The maximum absolute atomic E-state index is 9.06. The van der Waals surface area contributed by atoms with Crippen LogP contribution in [0.5, 0.6) is 0 Å². The maximum atomic E-state index is 9.06. The van der Waals surface area contributed by atoms with Gasteiger partial charge in [0.25, 0.3) is 0 Å². The molecular formula is C16H25N3O. The fraction of sp³-hybridized carbons (Fsp3) is 0.562. The van der Waals surface area contributed by atoms with Crippen LogP contribution in [0.15, 0.2) is 35.5 Å². The molecule has 4 heteroatoms. The number of nitrogens with two attached hydrogens (primary N) is 1. The van der Waals surface area contributed by atoms with Gasteiger partial charge in [0.1, 0.15) is 5.84 Å². The monoisotopic (exact) mass is 275 g/mol. The summed E-state index contributed by atoms with van der Waals surface area (Å²) in [4.78, 5) is 2.47. The van der Waals surface area contributed by atoms with Crippen molar-refractivity contribution in [2.75, 3.05) is 13.1 Å². The molecule has 1 aliphatic heterocycles. The molecule has 1 fully saturated rings. The maximum Gasteiger partial charge on any atom is 0.147 e. The van der Waals surface area contributed by atoms with Gasteiger partial charge in [-0.2, -0.15) is 0 Å². The highest BCUT2D eigenvalue weighted by Gasteiger charge is 2.24. The second-order valence-corrected chi connectivity index (χ2v) is 5.68. The van der Waals surface area contributed by atoms with E-state index in [1.165, 1.54) is 25.7 Å². The van der Waals surface area contributed by atoms with E-state index in [-0.39, 0.29) is 5.92 Å². The van der Waals surface area contributed by atoms with Gasteiger partial charge in [-0.25, -0.2) is 0 Å². The molecule has 3 N–H and O–H groups in total. The van der Waals surface area contributed by atoms with Crippen molar-refractivity contribution in [3.63, 3.8) is 0 Å². The molecule has 0 amide bonds. The molecule has 2 rings (SSSR count). The molecule has 110 valence electrons. The minimum absolute atomic E-state index is 0.0400. The largest absolute Gasteiger partial charge is 0.409 e. The lowest BCUT2D eigenvalue weighted by molar-refractivity contribution is 0.210. The minimum atomic E-state index is -0.0400. The number of hydrogen-bond donors (Lipinski definition) is 2. The van der Waals surface area contributed by atoms with Crippen molar-refractivity contribution in [3.8, 4) is 0 Å². The van der Waals surface area contributed by atoms with Crippen LogP contribution >= 0.6 is 0 Å². The number of benzene rings is 1. The fourth-order valence-electron chi connectivity index (χ4n) is 2.96. The normalized spacial score (nSPS) is 23.2. The summed E-state index contributed by atoms with van der Waals surface area (Å²) in [6.45, 7) is 4.20. The van der Waals surface area contributed by atoms with Crippen LogP contribution in [-0.2, 0) is 0 Å². The van der Waals surface area contributed by atoms with Gasteiger partial charge in [0.15, 0.2) is 0 Å². The van der Waals surface area contributed by atoms with E-state index in [0.29, 0.717) is 11.9 Å². The zero-order chi connectivity index (χ0) is 14.4. The van der Waals surface area contributed by atoms with Crippen molar-refractivity contribution < 1.29 is 5.21 Å². The summed E-state index contributed by atoms with van der Waals surface area (Å²) in [5, 5.41) is 12.3. The van der Waals surface area contributed by atoms with Crippen LogP contribution in [0.4, 0.5) is 0 Å². The molecule has 0 aliphatic carbocycles. The summed E-state index contributed by atoms with van der Waals surface area (Å²) in [5.41, 5.74) is 7.03. The molecule has 0 spiro atoms. The molecule has 20 heavy (non-hydrogen) atoms. The molecule has 1 saturated heterocycles. The summed E-state index contributed by atoms with van der Waals surface area (Å²) in [6.07, 6.45) is 5.08. The Labute approximate surface area is 121 Å². The molecule has 1 aliphatic rings. The van der Waals surface area contributed by atoms with Gasteiger partial charge in [-0.05, 0) is 31.9 Å². The minimum Gasteiger partial charge on any atom is -0.409 e. The first-order chi connectivity index (χ1) is 9.72. The average Bonchev–Trinajstić information content (AvgIpc) is 2.69. The number of nitrogens with zero attached hydrogens (tertiary/aromatic N) is 2. The van der Waals surface area contributed by atoms with Gasteiger partial charge in [0.2, 0.25) is 0 Å². The molecule has 2 atom stereocenters. The Morgan fingerprint density at radius 1 is 1.35 bits per heavy atom. The topological polar surface area (TPSA) is 61.8 Å². The van der Waals surface area contributed by atoms with Crippen molar-refractivity contribution in [1.29, 1.82) is 0 Å². The zero-order valence-electron chi connectivity index (χ0n) is 12.2. The van der Waals surface area contributed by atoms with E-state index in [9.17, 15) is 0 Å². The van der Waals surface area contributed by atoms with E-state index in [1.807, 2.05) is 30.3 Å². The summed E-state index contributed by atoms with van der Waals surface area (Å²) in [6, 6.07) is 10.6. The van der Waals surface area contributed by atoms with Gasteiger partial charge in [0, 0.05) is 12.6 Å². The lowest BCUT2D eigenvalue weighted by Crippen LogP contribution is -2.39. The molecule has 0 saturated carbocycles. The van der Waals surface area contributed by atoms with Gasteiger partial charge in [-0.1, -0.05) is 48.3 Å². The molecule has 2 unspecified atom stereocenters. The van der Waals surface area contributed by atoms with Gasteiger partial charge in [0.05, 0.1) is 5.92 Å². The van der Waals surface area contributed by atoms with E-state index in [1.54, 1.807) is 0 Å². The third-order valence-corrected chi connectivity index (χ3v) is 4.28. The van der Waals surface area contributed by atoms with Crippen molar-refractivity contribution >= 4 is 5.84 Å². The number of likely N-dealkylation sites (tertiary alicyclic amines) is 1. The van der Waals surface area contributed by atoms with Crippen LogP contribution in [0, 0.1) is 0 Å². The Bertz CT molecular complexity index is 433. The quantitative estimate of drug-likeness (QED) is 0.384. The lowest BCUT2D eigenvalue weighted by Gasteiger charge is -2.30.